The van der Waals surface area contributed by atoms with Crippen LogP contribution in [0.3, 0.4) is 0 Å². The van der Waals surface area contributed by atoms with E-state index in [2.05, 4.69) is 20.5 Å². The first kappa shape index (κ1) is 16.0. The van der Waals surface area contributed by atoms with Crippen molar-refractivity contribution in [1.82, 2.24) is 15.2 Å². The van der Waals surface area contributed by atoms with Crippen molar-refractivity contribution in [3.63, 3.8) is 0 Å². The lowest BCUT2D eigenvalue weighted by atomic mass is 10.2. The zero-order valence-corrected chi connectivity index (χ0v) is 13.1. The quantitative estimate of drug-likeness (QED) is 0.855. The number of pyridine rings is 1. The maximum atomic E-state index is 12.3. The minimum Gasteiger partial charge on any atom is -0.474 e. The molecule has 0 fully saturated rings. The molecular formula is C13H16N4O4S. The van der Waals surface area contributed by atoms with Gasteiger partial charge in [-0.3, -0.25) is 9.89 Å². The molecule has 2 heterocycles. The fourth-order valence-electron chi connectivity index (χ4n) is 1.71. The van der Waals surface area contributed by atoms with Crippen LogP contribution < -0.4 is 10.1 Å². The van der Waals surface area contributed by atoms with E-state index in [1.54, 1.807) is 6.07 Å². The second kappa shape index (κ2) is 6.14. The van der Waals surface area contributed by atoms with E-state index in [0.717, 1.165) is 12.5 Å². The van der Waals surface area contributed by atoms with Crippen LogP contribution >= 0.6 is 0 Å². The lowest BCUT2D eigenvalue weighted by Crippen LogP contribution is -2.18. The Bertz CT molecular complexity index is 783. The summed E-state index contributed by atoms with van der Waals surface area (Å²) in [5, 5.41) is 8.56. The van der Waals surface area contributed by atoms with Gasteiger partial charge in [0, 0.05) is 12.5 Å². The Hall–Kier alpha value is -2.42. The second-order valence-electron chi connectivity index (χ2n) is 4.86. The fraction of sp³-hybridized carbons (Fsp3) is 0.308. The SMILES string of the molecule is CC(C)Oc1ncccc1C(=O)Nc1[nH]ncc1S(C)(=O)=O. The van der Waals surface area contributed by atoms with Crippen molar-refractivity contribution in [3.05, 3.63) is 30.1 Å². The number of nitrogens with one attached hydrogen (secondary N) is 2. The first-order valence-corrected chi connectivity index (χ1v) is 8.34. The third kappa shape index (κ3) is 3.61. The number of aromatic amines is 1. The van der Waals surface area contributed by atoms with Gasteiger partial charge in [0.1, 0.15) is 16.3 Å². The van der Waals surface area contributed by atoms with E-state index in [4.69, 9.17) is 4.74 Å². The number of rotatable bonds is 5. The minimum absolute atomic E-state index is 0.00634. The summed E-state index contributed by atoms with van der Waals surface area (Å²) in [5.74, 6) is -0.361. The Morgan fingerprint density at radius 2 is 2.14 bits per heavy atom. The smallest absolute Gasteiger partial charge is 0.262 e. The van der Waals surface area contributed by atoms with E-state index >= 15 is 0 Å². The molecule has 0 aliphatic heterocycles. The number of H-pyrrole nitrogens is 1. The average molecular weight is 324 g/mol. The van der Waals surface area contributed by atoms with Crippen molar-refractivity contribution in [3.8, 4) is 5.88 Å². The summed E-state index contributed by atoms with van der Waals surface area (Å²) in [5.41, 5.74) is 0.199. The lowest BCUT2D eigenvalue weighted by molar-refractivity contribution is 0.101. The number of carbonyl (C=O) groups excluding carboxylic acids is 1. The van der Waals surface area contributed by atoms with Gasteiger partial charge in [0.05, 0.1) is 12.3 Å². The number of anilines is 1. The zero-order chi connectivity index (χ0) is 16.3. The van der Waals surface area contributed by atoms with E-state index < -0.39 is 15.7 Å². The van der Waals surface area contributed by atoms with Crippen molar-refractivity contribution in [1.29, 1.82) is 0 Å². The Balaban J connectivity index is 2.30. The maximum absolute atomic E-state index is 12.3. The predicted molar refractivity (Wildman–Crippen MR) is 79.7 cm³/mol. The van der Waals surface area contributed by atoms with Gasteiger partial charge in [0.2, 0.25) is 5.88 Å². The highest BCUT2D eigenvalue weighted by Crippen LogP contribution is 2.21. The van der Waals surface area contributed by atoms with Crippen LogP contribution in [0.15, 0.2) is 29.4 Å². The van der Waals surface area contributed by atoms with Crippen molar-refractivity contribution >= 4 is 21.6 Å². The maximum Gasteiger partial charge on any atom is 0.262 e. The molecule has 0 saturated heterocycles. The first-order chi connectivity index (χ1) is 10.3. The van der Waals surface area contributed by atoms with E-state index in [9.17, 15) is 13.2 Å². The first-order valence-electron chi connectivity index (χ1n) is 6.45. The van der Waals surface area contributed by atoms with Crippen LogP contribution in [-0.4, -0.2) is 41.9 Å². The largest absolute Gasteiger partial charge is 0.474 e. The molecule has 0 aromatic carbocycles. The Labute approximate surface area is 127 Å². The molecule has 0 unspecified atom stereocenters. The van der Waals surface area contributed by atoms with E-state index in [1.807, 2.05) is 13.8 Å². The summed E-state index contributed by atoms with van der Waals surface area (Å²) in [6, 6.07) is 3.13. The van der Waals surface area contributed by atoms with Gasteiger partial charge >= 0.3 is 0 Å². The summed E-state index contributed by atoms with van der Waals surface area (Å²) in [6.07, 6.45) is 3.53. The van der Waals surface area contributed by atoms with Crippen molar-refractivity contribution in [2.75, 3.05) is 11.6 Å². The number of hydrogen-bond donors (Lipinski definition) is 2. The van der Waals surface area contributed by atoms with Gasteiger partial charge in [-0.05, 0) is 26.0 Å². The Kier molecular flexibility index (Phi) is 4.45. The zero-order valence-electron chi connectivity index (χ0n) is 12.3. The average Bonchev–Trinajstić information content (AvgIpc) is 2.86. The van der Waals surface area contributed by atoms with Gasteiger partial charge < -0.3 is 10.1 Å². The van der Waals surface area contributed by atoms with E-state index in [1.165, 1.54) is 12.3 Å². The molecule has 0 atom stereocenters. The molecular weight excluding hydrogens is 308 g/mol. The number of amides is 1. The van der Waals surface area contributed by atoms with Gasteiger partial charge in [-0.15, -0.1) is 0 Å². The lowest BCUT2D eigenvalue weighted by Gasteiger charge is -2.12. The molecule has 2 aromatic rings. The van der Waals surface area contributed by atoms with Crippen molar-refractivity contribution in [2.45, 2.75) is 24.8 Å². The molecule has 0 radical (unpaired) electrons. The van der Waals surface area contributed by atoms with Crippen LogP contribution in [-0.2, 0) is 9.84 Å². The van der Waals surface area contributed by atoms with Crippen LogP contribution in [0.4, 0.5) is 5.82 Å². The van der Waals surface area contributed by atoms with E-state index in [-0.39, 0.29) is 28.3 Å². The molecule has 1 amide bonds. The molecule has 0 spiro atoms. The van der Waals surface area contributed by atoms with Crippen LogP contribution in [0.25, 0.3) is 0 Å². The third-order valence-corrected chi connectivity index (χ3v) is 3.71. The van der Waals surface area contributed by atoms with Crippen molar-refractivity contribution in [2.24, 2.45) is 0 Å². The molecule has 2 N–H and O–H groups in total. The molecule has 0 aliphatic carbocycles. The fourth-order valence-corrected chi connectivity index (χ4v) is 2.42. The highest BCUT2D eigenvalue weighted by atomic mass is 32.2. The monoisotopic (exact) mass is 324 g/mol. The standard InChI is InChI=1S/C13H16N4O4S/c1-8(2)21-13-9(5-4-6-14-13)12(18)16-11-10(7-15-17-11)22(3,19)20/h4-8H,1-3H3,(H2,15,16,17,18). The molecule has 22 heavy (non-hydrogen) atoms. The Morgan fingerprint density at radius 3 is 2.77 bits per heavy atom. The highest BCUT2D eigenvalue weighted by Gasteiger charge is 2.20. The third-order valence-electron chi connectivity index (χ3n) is 2.61. The molecule has 2 rings (SSSR count). The normalized spacial score (nSPS) is 11.5. The van der Waals surface area contributed by atoms with Crippen LogP contribution in [0.5, 0.6) is 5.88 Å². The number of aromatic nitrogens is 3. The minimum atomic E-state index is -3.50. The summed E-state index contributed by atoms with van der Waals surface area (Å²) >= 11 is 0. The molecule has 0 bridgehead atoms. The topological polar surface area (TPSA) is 114 Å². The van der Waals surface area contributed by atoms with Gasteiger partial charge in [-0.25, -0.2) is 13.4 Å². The number of carbonyl (C=O) groups is 1. The van der Waals surface area contributed by atoms with Gasteiger partial charge in [0.15, 0.2) is 9.84 Å². The summed E-state index contributed by atoms with van der Waals surface area (Å²) < 4.78 is 28.7. The van der Waals surface area contributed by atoms with Gasteiger partial charge in [-0.2, -0.15) is 5.10 Å². The summed E-state index contributed by atoms with van der Waals surface area (Å²) in [4.78, 5) is 16.2. The number of sulfone groups is 1. The number of hydrogen-bond acceptors (Lipinski definition) is 6. The van der Waals surface area contributed by atoms with Crippen LogP contribution in [0.2, 0.25) is 0 Å². The predicted octanol–water partition coefficient (Wildman–Crippen LogP) is 1.25. The van der Waals surface area contributed by atoms with E-state index in [0.29, 0.717) is 0 Å². The molecule has 9 heteroatoms. The number of nitrogens with zero attached hydrogens (tertiary/aromatic N) is 2. The summed E-state index contributed by atoms with van der Waals surface area (Å²) in [7, 11) is -3.50. The second-order valence-corrected chi connectivity index (χ2v) is 6.84. The summed E-state index contributed by atoms with van der Waals surface area (Å²) in [6.45, 7) is 3.63. The Morgan fingerprint density at radius 1 is 1.41 bits per heavy atom. The highest BCUT2D eigenvalue weighted by molar-refractivity contribution is 7.90. The van der Waals surface area contributed by atoms with Crippen molar-refractivity contribution < 1.29 is 17.9 Å². The molecule has 0 aliphatic rings. The number of ether oxygens (including phenoxy) is 1. The molecule has 118 valence electrons. The molecule has 8 nitrogen and oxygen atoms in total. The van der Waals surface area contributed by atoms with Gasteiger partial charge in [-0.1, -0.05) is 0 Å². The van der Waals surface area contributed by atoms with Crippen LogP contribution in [0, 0.1) is 0 Å². The van der Waals surface area contributed by atoms with Crippen LogP contribution in [0.1, 0.15) is 24.2 Å². The molecule has 2 aromatic heterocycles. The van der Waals surface area contributed by atoms with Gasteiger partial charge in [0.25, 0.3) is 5.91 Å². The molecule has 0 saturated carbocycles.